The number of halogens is 1. The molecule has 5 nitrogen and oxygen atoms in total. The molecule has 2 aromatic rings. The summed E-state index contributed by atoms with van der Waals surface area (Å²) in [4.78, 5) is 10.4. The number of anilines is 1. The van der Waals surface area contributed by atoms with Gasteiger partial charge < -0.3 is 15.5 Å². The van der Waals surface area contributed by atoms with Crippen molar-refractivity contribution in [3.63, 3.8) is 0 Å². The van der Waals surface area contributed by atoms with Crippen molar-refractivity contribution < 1.29 is 4.39 Å². The molecule has 6 heteroatoms. The van der Waals surface area contributed by atoms with Gasteiger partial charge in [0.25, 0.3) is 0 Å². The van der Waals surface area contributed by atoms with E-state index in [-0.39, 0.29) is 5.82 Å². The summed E-state index contributed by atoms with van der Waals surface area (Å²) in [7, 11) is 5.62. The van der Waals surface area contributed by atoms with E-state index >= 15 is 0 Å². The Balaban J connectivity index is 1.89. The quantitative estimate of drug-likeness (QED) is 0.656. The van der Waals surface area contributed by atoms with Crippen molar-refractivity contribution in [2.45, 2.75) is 13.1 Å². The average molecular weight is 315 g/mol. The maximum atomic E-state index is 13.2. The van der Waals surface area contributed by atoms with Gasteiger partial charge in [-0.3, -0.25) is 4.99 Å². The highest BCUT2D eigenvalue weighted by Crippen LogP contribution is 2.09. The lowest BCUT2D eigenvalue weighted by Crippen LogP contribution is -2.36. The molecule has 23 heavy (non-hydrogen) atoms. The number of hydrogen-bond acceptors (Lipinski definition) is 3. The molecule has 0 spiro atoms. The van der Waals surface area contributed by atoms with Gasteiger partial charge in [0.05, 0.1) is 0 Å². The molecule has 2 rings (SSSR count). The summed E-state index contributed by atoms with van der Waals surface area (Å²) in [5.74, 6) is 1.34. The molecule has 0 aliphatic rings. The third-order valence-corrected chi connectivity index (χ3v) is 3.30. The number of benzene rings is 1. The van der Waals surface area contributed by atoms with Crippen LogP contribution in [-0.2, 0) is 13.1 Å². The fourth-order valence-electron chi connectivity index (χ4n) is 2.05. The van der Waals surface area contributed by atoms with E-state index < -0.39 is 0 Å². The Morgan fingerprint density at radius 1 is 1.13 bits per heavy atom. The third kappa shape index (κ3) is 5.25. The van der Waals surface area contributed by atoms with Crippen LogP contribution in [0.4, 0.5) is 10.2 Å². The van der Waals surface area contributed by atoms with Gasteiger partial charge in [0.15, 0.2) is 5.96 Å². The van der Waals surface area contributed by atoms with Crippen LogP contribution in [0.1, 0.15) is 11.1 Å². The molecular formula is C17H22FN5. The van der Waals surface area contributed by atoms with Crippen molar-refractivity contribution in [2.75, 3.05) is 26.0 Å². The lowest BCUT2D eigenvalue weighted by Gasteiger charge is -2.14. The largest absolute Gasteiger partial charge is 0.363 e. The predicted octanol–water partition coefficient (Wildman–Crippen LogP) is 2.15. The molecule has 2 N–H and O–H groups in total. The van der Waals surface area contributed by atoms with Gasteiger partial charge in [0.2, 0.25) is 0 Å². The van der Waals surface area contributed by atoms with E-state index in [4.69, 9.17) is 0 Å². The van der Waals surface area contributed by atoms with E-state index in [9.17, 15) is 4.39 Å². The smallest absolute Gasteiger partial charge is 0.191 e. The SMILES string of the molecule is CN=C(NCc1cccc(F)c1)NCc1ccnc(N(C)C)c1. The molecule has 0 aliphatic heterocycles. The number of guanidine groups is 1. The van der Waals surface area contributed by atoms with Crippen LogP contribution in [0.25, 0.3) is 0 Å². The van der Waals surface area contributed by atoms with Gasteiger partial charge in [-0.15, -0.1) is 0 Å². The van der Waals surface area contributed by atoms with Gasteiger partial charge in [0, 0.05) is 40.4 Å². The lowest BCUT2D eigenvalue weighted by atomic mass is 10.2. The standard InChI is InChI=1S/C17H22FN5/c1-19-17(21-11-13-5-4-6-15(18)9-13)22-12-14-7-8-20-16(10-14)23(2)3/h4-10H,11-12H2,1-3H3,(H2,19,21,22). The number of rotatable bonds is 5. The van der Waals surface area contributed by atoms with Gasteiger partial charge in [-0.1, -0.05) is 12.1 Å². The molecular weight excluding hydrogens is 293 g/mol. The van der Waals surface area contributed by atoms with E-state index in [1.54, 1.807) is 19.3 Å². The van der Waals surface area contributed by atoms with Gasteiger partial charge >= 0.3 is 0 Å². The minimum absolute atomic E-state index is 0.236. The molecule has 122 valence electrons. The Morgan fingerprint density at radius 2 is 1.83 bits per heavy atom. The van der Waals surface area contributed by atoms with E-state index in [2.05, 4.69) is 20.6 Å². The molecule has 0 fully saturated rings. The summed E-state index contributed by atoms with van der Waals surface area (Å²) in [6.45, 7) is 1.14. The van der Waals surface area contributed by atoms with Crippen LogP contribution in [0.3, 0.4) is 0 Å². The molecule has 1 heterocycles. The highest BCUT2D eigenvalue weighted by atomic mass is 19.1. The summed E-state index contributed by atoms with van der Waals surface area (Å²) in [6, 6.07) is 10.5. The van der Waals surface area contributed by atoms with Crippen LogP contribution in [0.5, 0.6) is 0 Å². The van der Waals surface area contributed by atoms with E-state index in [1.165, 1.54) is 12.1 Å². The normalized spacial score (nSPS) is 11.2. The fraction of sp³-hybridized carbons (Fsp3) is 0.294. The Morgan fingerprint density at radius 3 is 2.43 bits per heavy atom. The fourth-order valence-corrected chi connectivity index (χ4v) is 2.05. The van der Waals surface area contributed by atoms with Crippen molar-refractivity contribution in [2.24, 2.45) is 4.99 Å². The van der Waals surface area contributed by atoms with Crippen molar-refractivity contribution >= 4 is 11.8 Å². The van der Waals surface area contributed by atoms with Crippen molar-refractivity contribution in [1.82, 2.24) is 15.6 Å². The Hall–Kier alpha value is -2.63. The molecule has 0 saturated carbocycles. The van der Waals surface area contributed by atoms with Gasteiger partial charge in [-0.25, -0.2) is 9.37 Å². The molecule has 0 aliphatic carbocycles. The number of aromatic nitrogens is 1. The number of aliphatic imine (C=N–C) groups is 1. The number of pyridine rings is 1. The van der Waals surface area contributed by atoms with Gasteiger partial charge in [-0.05, 0) is 35.4 Å². The molecule has 1 aromatic heterocycles. The second kappa shape index (κ2) is 8.12. The third-order valence-electron chi connectivity index (χ3n) is 3.30. The van der Waals surface area contributed by atoms with Gasteiger partial charge in [0.1, 0.15) is 11.6 Å². The summed E-state index contributed by atoms with van der Waals surface area (Å²) in [5, 5.41) is 6.40. The zero-order valence-electron chi connectivity index (χ0n) is 13.7. The van der Waals surface area contributed by atoms with Crippen LogP contribution >= 0.6 is 0 Å². The lowest BCUT2D eigenvalue weighted by molar-refractivity contribution is 0.624. The van der Waals surface area contributed by atoms with E-state index in [0.29, 0.717) is 19.0 Å². The minimum Gasteiger partial charge on any atom is -0.363 e. The molecule has 0 saturated heterocycles. The summed E-state index contributed by atoms with van der Waals surface area (Å²) >= 11 is 0. The number of nitrogens with one attached hydrogen (secondary N) is 2. The molecule has 0 amide bonds. The maximum Gasteiger partial charge on any atom is 0.191 e. The first kappa shape index (κ1) is 16.7. The first-order chi connectivity index (χ1) is 11.1. The van der Waals surface area contributed by atoms with Crippen LogP contribution in [0, 0.1) is 5.82 Å². The van der Waals surface area contributed by atoms with E-state index in [0.717, 1.165) is 16.9 Å². The Bertz CT molecular complexity index is 670. The van der Waals surface area contributed by atoms with Crippen LogP contribution in [0.15, 0.2) is 47.6 Å². The van der Waals surface area contributed by atoms with Crippen molar-refractivity contribution in [3.8, 4) is 0 Å². The van der Waals surface area contributed by atoms with Crippen molar-refractivity contribution in [1.29, 1.82) is 0 Å². The van der Waals surface area contributed by atoms with Gasteiger partial charge in [-0.2, -0.15) is 0 Å². The first-order valence-electron chi connectivity index (χ1n) is 7.39. The van der Waals surface area contributed by atoms with Crippen LogP contribution in [-0.4, -0.2) is 32.1 Å². The molecule has 0 bridgehead atoms. The highest BCUT2D eigenvalue weighted by molar-refractivity contribution is 5.79. The minimum atomic E-state index is -0.236. The second-order valence-electron chi connectivity index (χ2n) is 5.33. The predicted molar refractivity (Wildman–Crippen MR) is 92.0 cm³/mol. The molecule has 0 unspecified atom stereocenters. The summed E-state index contributed by atoms with van der Waals surface area (Å²) in [5.41, 5.74) is 1.98. The Kier molecular flexibility index (Phi) is 5.91. The second-order valence-corrected chi connectivity index (χ2v) is 5.33. The monoisotopic (exact) mass is 315 g/mol. The van der Waals surface area contributed by atoms with Crippen molar-refractivity contribution in [3.05, 3.63) is 59.5 Å². The topological polar surface area (TPSA) is 52.6 Å². The highest BCUT2D eigenvalue weighted by Gasteiger charge is 2.02. The molecule has 0 radical (unpaired) electrons. The molecule has 0 atom stereocenters. The number of hydrogen-bond donors (Lipinski definition) is 2. The van der Waals surface area contributed by atoms with Crippen LogP contribution in [0.2, 0.25) is 0 Å². The zero-order chi connectivity index (χ0) is 16.7. The Labute approximate surface area is 136 Å². The molecule has 1 aromatic carbocycles. The van der Waals surface area contributed by atoms with Crippen LogP contribution < -0.4 is 15.5 Å². The van der Waals surface area contributed by atoms with E-state index in [1.807, 2.05) is 37.2 Å². The average Bonchev–Trinajstić information content (AvgIpc) is 2.55. The summed E-state index contributed by atoms with van der Waals surface area (Å²) in [6.07, 6.45) is 1.79. The number of nitrogens with zero attached hydrogens (tertiary/aromatic N) is 3. The zero-order valence-corrected chi connectivity index (χ0v) is 13.7. The maximum absolute atomic E-state index is 13.2. The summed E-state index contributed by atoms with van der Waals surface area (Å²) < 4.78 is 13.2. The first-order valence-corrected chi connectivity index (χ1v) is 7.39.